The molecule has 1 spiro atoms. The molecule has 7 nitrogen and oxygen atoms in total. The summed E-state index contributed by atoms with van der Waals surface area (Å²) in [6.07, 6.45) is 9.79. The van der Waals surface area contributed by atoms with Crippen molar-refractivity contribution in [2.75, 3.05) is 25.0 Å². The highest BCUT2D eigenvalue weighted by Crippen LogP contribution is 2.36. The number of hydrogen-bond acceptors (Lipinski definition) is 5. The fourth-order valence-corrected chi connectivity index (χ4v) is 3.92. The minimum Gasteiger partial charge on any atom is -0.371 e. The molecule has 2 fully saturated rings. The summed E-state index contributed by atoms with van der Waals surface area (Å²) >= 11 is 0. The van der Waals surface area contributed by atoms with Crippen LogP contribution in [0.5, 0.6) is 0 Å². The number of nitrogens with one attached hydrogen (secondary N) is 1. The Kier molecular flexibility index (Phi) is 4.17. The number of ether oxygens (including phenoxy) is 1. The van der Waals surface area contributed by atoms with Gasteiger partial charge in [-0.2, -0.15) is 0 Å². The molecule has 25 heavy (non-hydrogen) atoms. The molecule has 2 saturated heterocycles. The molecule has 0 aromatic carbocycles. The van der Waals surface area contributed by atoms with Crippen molar-refractivity contribution in [1.29, 1.82) is 0 Å². The van der Waals surface area contributed by atoms with Crippen LogP contribution in [0.4, 0.5) is 5.82 Å². The molecule has 2 aromatic heterocycles. The highest BCUT2D eigenvalue weighted by molar-refractivity contribution is 5.92. The number of likely N-dealkylation sites (tertiary alicyclic amines) is 1. The number of carbonyl (C=O) groups excluding carboxylic acids is 1. The van der Waals surface area contributed by atoms with Gasteiger partial charge in [-0.05, 0) is 25.0 Å². The van der Waals surface area contributed by atoms with Crippen LogP contribution in [-0.2, 0) is 11.8 Å². The van der Waals surface area contributed by atoms with Crippen LogP contribution >= 0.6 is 0 Å². The van der Waals surface area contributed by atoms with Crippen LogP contribution in [0.25, 0.3) is 0 Å². The Hall–Kier alpha value is -2.41. The van der Waals surface area contributed by atoms with Gasteiger partial charge in [-0.15, -0.1) is 0 Å². The van der Waals surface area contributed by atoms with E-state index in [0.29, 0.717) is 13.2 Å². The summed E-state index contributed by atoms with van der Waals surface area (Å²) in [5, 5.41) is 3.39. The molecular weight excluding hydrogens is 318 g/mol. The van der Waals surface area contributed by atoms with E-state index in [4.69, 9.17) is 4.74 Å². The molecule has 0 aliphatic carbocycles. The second-order valence-electron chi connectivity index (χ2n) is 6.96. The molecule has 1 N–H and O–H groups in total. The zero-order valence-electron chi connectivity index (χ0n) is 14.4. The molecular formula is C18H23N5O2. The third kappa shape index (κ3) is 3.24. The maximum Gasteiger partial charge on any atom is 0.270 e. The Morgan fingerprint density at radius 1 is 1.44 bits per heavy atom. The molecule has 0 saturated carbocycles. The lowest BCUT2D eigenvalue weighted by Crippen LogP contribution is -2.50. The standard InChI is InChI=1S/C18H23N5O2/c1-22-8-2-4-15(22)17(24)23-9-3-5-18(13-23)10-14(12-25-18)21-16-11-19-6-7-20-16/h2,4,6-8,11,14H,3,5,9-10,12-13H2,1H3,(H,20,21). The fraction of sp³-hybridized carbons (Fsp3) is 0.500. The molecule has 2 unspecified atom stereocenters. The van der Waals surface area contributed by atoms with E-state index in [2.05, 4.69) is 15.3 Å². The Bertz CT molecular complexity index is 747. The molecule has 2 aliphatic rings. The molecule has 0 bridgehead atoms. The van der Waals surface area contributed by atoms with Crippen LogP contribution in [0.3, 0.4) is 0 Å². The van der Waals surface area contributed by atoms with Crippen LogP contribution in [0, 0.1) is 0 Å². The van der Waals surface area contributed by atoms with Crippen molar-refractivity contribution in [3.63, 3.8) is 0 Å². The number of nitrogens with zero attached hydrogens (tertiary/aromatic N) is 4. The molecule has 4 rings (SSSR count). The normalized spacial score (nSPS) is 26.1. The van der Waals surface area contributed by atoms with Crippen molar-refractivity contribution in [3.8, 4) is 0 Å². The van der Waals surface area contributed by atoms with Crippen LogP contribution in [0.15, 0.2) is 36.9 Å². The molecule has 0 radical (unpaired) electrons. The van der Waals surface area contributed by atoms with Crippen molar-refractivity contribution >= 4 is 11.7 Å². The summed E-state index contributed by atoms with van der Waals surface area (Å²) in [4.78, 5) is 23.1. The van der Waals surface area contributed by atoms with E-state index in [1.165, 1.54) is 0 Å². The zero-order valence-corrected chi connectivity index (χ0v) is 14.4. The minimum atomic E-state index is -0.251. The first-order valence-electron chi connectivity index (χ1n) is 8.72. The average Bonchev–Trinajstić information content (AvgIpc) is 3.22. The third-order valence-corrected chi connectivity index (χ3v) is 5.11. The van der Waals surface area contributed by atoms with Gasteiger partial charge in [-0.3, -0.25) is 9.78 Å². The fourth-order valence-electron chi connectivity index (χ4n) is 3.92. The molecule has 2 aromatic rings. The van der Waals surface area contributed by atoms with Gasteiger partial charge in [0.15, 0.2) is 0 Å². The summed E-state index contributed by atoms with van der Waals surface area (Å²) in [7, 11) is 1.90. The van der Waals surface area contributed by atoms with E-state index in [0.717, 1.165) is 37.3 Å². The van der Waals surface area contributed by atoms with Crippen molar-refractivity contribution in [1.82, 2.24) is 19.4 Å². The smallest absolute Gasteiger partial charge is 0.270 e. The maximum atomic E-state index is 12.8. The minimum absolute atomic E-state index is 0.0838. The number of anilines is 1. The molecule has 4 heterocycles. The van der Waals surface area contributed by atoms with Gasteiger partial charge in [0.25, 0.3) is 5.91 Å². The Morgan fingerprint density at radius 2 is 2.36 bits per heavy atom. The van der Waals surface area contributed by atoms with E-state index in [1.54, 1.807) is 18.6 Å². The van der Waals surface area contributed by atoms with Gasteiger partial charge in [0.2, 0.25) is 0 Å². The molecule has 2 aliphatic heterocycles. The van der Waals surface area contributed by atoms with E-state index >= 15 is 0 Å². The summed E-state index contributed by atoms with van der Waals surface area (Å²) in [5.74, 6) is 0.848. The zero-order chi connectivity index (χ0) is 17.3. The van der Waals surface area contributed by atoms with E-state index in [1.807, 2.05) is 34.8 Å². The highest BCUT2D eigenvalue weighted by Gasteiger charge is 2.44. The van der Waals surface area contributed by atoms with E-state index in [-0.39, 0.29) is 17.6 Å². The summed E-state index contributed by atoms with van der Waals surface area (Å²) in [6.45, 7) is 2.07. The average molecular weight is 341 g/mol. The second-order valence-corrected chi connectivity index (χ2v) is 6.96. The number of aryl methyl sites for hydroxylation is 1. The number of amides is 1. The third-order valence-electron chi connectivity index (χ3n) is 5.11. The summed E-state index contributed by atoms with van der Waals surface area (Å²) in [5.41, 5.74) is 0.475. The van der Waals surface area contributed by atoms with Gasteiger partial charge in [0, 0.05) is 38.6 Å². The Labute approximate surface area is 147 Å². The van der Waals surface area contributed by atoms with E-state index < -0.39 is 0 Å². The second kappa shape index (κ2) is 6.48. The first kappa shape index (κ1) is 16.1. The van der Waals surface area contributed by atoms with E-state index in [9.17, 15) is 4.79 Å². The Balaban J connectivity index is 1.42. The molecule has 132 valence electrons. The SMILES string of the molecule is Cn1cccc1C(=O)N1CCCC2(CC(Nc3cnccn3)CO2)C1. The van der Waals surface area contributed by atoms with Crippen LogP contribution in [0.1, 0.15) is 29.8 Å². The highest BCUT2D eigenvalue weighted by atomic mass is 16.5. The van der Waals surface area contributed by atoms with Gasteiger partial charge < -0.3 is 19.5 Å². The number of hydrogen-bond donors (Lipinski definition) is 1. The largest absolute Gasteiger partial charge is 0.371 e. The molecule has 7 heteroatoms. The maximum absolute atomic E-state index is 12.8. The first-order valence-corrected chi connectivity index (χ1v) is 8.72. The van der Waals surface area contributed by atoms with Crippen LogP contribution < -0.4 is 5.32 Å². The first-order chi connectivity index (χ1) is 12.2. The topological polar surface area (TPSA) is 72.3 Å². The van der Waals surface area contributed by atoms with Crippen molar-refractivity contribution in [2.45, 2.75) is 30.9 Å². The van der Waals surface area contributed by atoms with Crippen LogP contribution in [-0.4, -0.2) is 56.7 Å². The molecule has 2 atom stereocenters. The van der Waals surface area contributed by atoms with Gasteiger partial charge in [0.05, 0.1) is 31.0 Å². The van der Waals surface area contributed by atoms with Gasteiger partial charge in [0.1, 0.15) is 11.5 Å². The lowest BCUT2D eigenvalue weighted by molar-refractivity contribution is -0.0449. The van der Waals surface area contributed by atoms with Crippen molar-refractivity contribution in [2.24, 2.45) is 7.05 Å². The lowest BCUT2D eigenvalue weighted by atomic mass is 9.88. The van der Waals surface area contributed by atoms with Gasteiger partial charge in [-0.1, -0.05) is 0 Å². The number of rotatable bonds is 3. The quantitative estimate of drug-likeness (QED) is 0.920. The number of piperidine rings is 1. The lowest BCUT2D eigenvalue weighted by Gasteiger charge is -2.39. The number of aromatic nitrogens is 3. The predicted octanol–water partition coefficient (Wildman–Crippen LogP) is 1.69. The van der Waals surface area contributed by atoms with Gasteiger partial charge >= 0.3 is 0 Å². The summed E-state index contributed by atoms with van der Waals surface area (Å²) in [6, 6.07) is 3.97. The molecule has 1 amide bonds. The van der Waals surface area contributed by atoms with Gasteiger partial charge in [-0.25, -0.2) is 4.98 Å². The predicted molar refractivity (Wildman–Crippen MR) is 93.3 cm³/mol. The summed E-state index contributed by atoms with van der Waals surface area (Å²) < 4.78 is 8.06. The van der Waals surface area contributed by atoms with Crippen molar-refractivity contribution in [3.05, 3.63) is 42.6 Å². The van der Waals surface area contributed by atoms with Crippen LogP contribution in [0.2, 0.25) is 0 Å². The number of carbonyl (C=O) groups is 1. The van der Waals surface area contributed by atoms with Crippen molar-refractivity contribution < 1.29 is 9.53 Å². The monoisotopic (exact) mass is 341 g/mol. The Morgan fingerprint density at radius 3 is 3.12 bits per heavy atom.